The van der Waals surface area contributed by atoms with E-state index in [-0.39, 0.29) is 11.7 Å². The molecule has 0 radical (unpaired) electrons. The summed E-state index contributed by atoms with van der Waals surface area (Å²) in [6, 6.07) is 5.95. The maximum Gasteiger partial charge on any atom is 0.405 e. The Morgan fingerprint density at radius 2 is 2.21 bits per heavy atom. The van der Waals surface area contributed by atoms with Crippen molar-refractivity contribution in [2.24, 2.45) is 0 Å². The van der Waals surface area contributed by atoms with Gasteiger partial charge in [-0.25, -0.2) is 14.2 Å². The summed E-state index contributed by atoms with van der Waals surface area (Å²) in [6.07, 6.45) is 4.11. The van der Waals surface area contributed by atoms with Crippen LogP contribution in [0.1, 0.15) is 28.0 Å². The third kappa shape index (κ3) is 4.91. The van der Waals surface area contributed by atoms with Crippen LogP contribution in [0.5, 0.6) is 0 Å². The first-order chi connectivity index (χ1) is 16.2. The number of aryl methyl sites for hydroxylation is 2. The van der Waals surface area contributed by atoms with Crippen LogP contribution in [0.25, 0.3) is 16.2 Å². The Morgan fingerprint density at radius 3 is 2.94 bits per heavy atom. The Labute approximate surface area is 199 Å². The fourth-order valence-electron chi connectivity index (χ4n) is 3.84. The van der Waals surface area contributed by atoms with E-state index in [2.05, 4.69) is 15.6 Å². The van der Waals surface area contributed by atoms with Crippen LogP contribution in [0.2, 0.25) is 0 Å². The van der Waals surface area contributed by atoms with Crippen molar-refractivity contribution in [3.05, 3.63) is 63.9 Å². The van der Waals surface area contributed by atoms with Gasteiger partial charge in [-0.05, 0) is 60.1 Å². The van der Waals surface area contributed by atoms with Gasteiger partial charge in [-0.3, -0.25) is 9.59 Å². The second kappa shape index (κ2) is 9.60. The zero-order valence-electron chi connectivity index (χ0n) is 18.6. The number of pyridine rings is 1. The first kappa shape index (κ1) is 23.4. The van der Waals surface area contributed by atoms with Crippen molar-refractivity contribution in [1.29, 1.82) is 0 Å². The maximum atomic E-state index is 14.1. The molecule has 3 amide bonds. The summed E-state index contributed by atoms with van der Waals surface area (Å²) in [7, 11) is 1.69. The molecule has 8 nitrogen and oxygen atoms in total. The molecule has 3 N–H and O–H groups in total. The number of benzene rings is 1. The number of anilines is 1. The van der Waals surface area contributed by atoms with Crippen LogP contribution in [0, 0.1) is 12.7 Å². The average Bonchev–Trinajstić information content (AvgIpc) is 3.03. The molecule has 1 atom stereocenters. The van der Waals surface area contributed by atoms with Crippen LogP contribution in [0.4, 0.5) is 15.0 Å². The van der Waals surface area contributed by atoms with E-state index in [4.69, 9.17) is 5.11 Å². The molecular weight excluding hydrogens is 459 g/mol. The number of carbonyl (C=O) groups excluding carboxylic acids is 2. The van der Waals surface area contributed by atoms with Gasteiger partial charge < -0.3 is 20.6 Å². The van der Waals surface area contributed by atoms with E-state index in [0.717, 1.165) is 21.4 Å². The van der Waals surface area contributed by atoms with Crippen LogP contribution in [-0.2, 0) is 22.6 Å². The number of rotatable bonds is 5. The van der Waals surface area contributed by atoms with Gasteiger partial charge in [-0.15, -0.1) is 11.3 Å². The van der Waals surface area contributed by atoms with Crippen molar-refractivity contribution in [2.45, 2.75) is 32.4 Å². The summed E-state index contributed by atoms with van der Waals surface area (Å²) in [5.74, 6) is -0.549. The highest BCUT2D eigenvalue weighted by Crippen LogP contribution is 2.33. The molecule has 2 aromatic heterocycles. The minimum absolute atomic E-state index is 0.216. The highest BCUT2D eigenvalue weighted by Gasteiger charge is 2.25. The molecule has 3 aromatic rings. The van der Waals surface area contributed by atoms with Gasteiger partial charge in [0.1, 0.15) is 17.7 Å². The molecule has 1 unspecified atom stereocenters. The highest BCUT2D eigenvalue weighted by atomic mass is 32.1. The Balaban J connectivity index is 1.44. The molecule has 1 aliphatic heterocycles. The molecule has 176 valence electrons. The predicted molar refractivity (Wildman–Crippen MR) is 128 cm³/mol. The number of nitrogens with one attached hydrogen (secondary N) is 2. The Morgan fingerprint density at radius 1 is 1.41 bits per heavy atom. The number of carboxylic acid groups (broad SMARTS) is 1. The first-order valence-corrected chi connectivity index (χ1v) is 11.4. The number of carbonyl (C=O) groups is 3. The molecule has 3 heterocycles. The van der Waals surface area contributed by atoms with Gasteiger partial charge in [0.05, 0.1) is 11.2 Å². The van der Waals surface area contributed by atoms with E-state index in [1.165, 1.54) is 29.7 Å². The molecule has 0 aliphatic carbocycles. The molecule has 0 saturated carbocycles. The maximum absolute atomic E-state index is 14.1. The summed E-state index contributed by atoms with van der Waals surface area (Å²) in [5, 5.41) is 14.6. The Kier molecular flexibility index (Phi) is 6.60. The molecule has 0 spiro atoms. The lowest BCUT2D eigenvalue weighted by atomic mass is 10.1. The van der Waals surface area contributed by atoms with Gasteiger partial charge >= 0.3 is 6.09 Å². The smallest absolute Gasteiger partial charge is 0.405 e. The summed E-state index contributed by atoms with van der Waals surface area (Å²) >= 11 is 1.35. The second-order valence-corrected chi connectivity index (χ2v) is 9.21. The van der Waals surface area contributed by atoms with Gasteiger partial charge in [0, 0.05) is 24.2 Å². The SMILES string of the molecule is Cc1c(CN(C)C(=O)C=Cc2cnc3c(c2)CCC(NC(=O)O)C(=O)N3)sc2c(F)cccc12. The molecule has 4 rings (SSSR count). The van der Waals surface area contributed by atoms with E-state index >= 15 is 0 Å². The lowest BCUT2D eigenvalue weighted by Gasteiger charge is -2.14. The summed E-state index contributed by atoms with van der Waals surface area (Å²) in [5.41, 5.74) is 2.41. The van der Waals surface area contributed by atoms with Gasteiger partial charge in [0.15, 0.2) is 0 Å². The summed E-state index contributed by atoms with van der Waals surface area (Å²) in [4.78, 5) is 42.5. The largest absolute Gasteiger partial charge is 0.465 e. The number of likely N-dealkylation sites (N-methyl/N-ethyl adjacent to an activating group) is 1. The second-order valence-electron chi connectivity index (χ2n) is 8.10. The number of halogens is 1. The van der Waals surface area contributed by atoms with Crippen LogP contribution in [0.15, 0.2) is 36.5 Å². The van der Waals surface area contributed by atoms with Gasteiger partial charge in [0.25, 0.3) is 0 Å². The lowest BCUT2D eigenvalue weighted by molar-refractivity contribution is -0.125. The van der Waals surface area contributed by atoms with Crippen molar-refractivity contribution in [3.63, 3.8) is 0 Å². The minimum Gasteiger partial charge on any atom is -0.465 e. The van der Waals surface area contributed by atoms with Crippen LogP contribution >= 0.6 is 11.3 Å². The number of thiophene rings is 1. The van der Waals surface area contributed by atoms with Crippen molar-refractivity contribution in [3.8, 4) is 0 Å². The fraction of sp³-hybridized carbons (Fsp3) is 0.250. The molecule has 0 bridgehead atoms. The van der Waals surface area contributed by atoms with Crippen molar-refractivity contribution in [1.82, 2.24) is 15.2 Å². The van der Waals surface area contributed by atoms with E-state index < -0.39 is 18.0 Å². The third-order valence-corrected chi connectivity index (χ3v) is 7.04. The van der Waals surface area contributed by atoms with Crippen molar-refractivity contribution < 1.29 is 23.9 Å². The Bertz CT molecular complexity index is 1320. The van der Waals surface area contributed by atoms with E-state index in [1.54, 1.807) is 24.1 Å². The fourth-order valence-corrected chi connectivity index (χ4v) is 5.11. The predicted octanol–water partition coefficient (Wildman–Crippen LogP) is 3.94. The summed E-state index contributed by atoms with van der Waals surface area (Å²) < 4.78 is 14.7. The minimum atomic E-state index is -1.26. The zero-order valence-corrected chi connectivity index (χ0v) is 19.4. The van der Waals surface area contributed by atoms with E-state index in [1.807, 2.05) is 19.1 Å². The quantitative estimate of drug-likeness (QED) is 0.477. The molecular formula is C24H23FN4O4S. The van der Waals surface area contributed by atoms with Crippen LogP contribution < -0.4 is 10.6 Å². The number of hydrogen-bond donors (Lipinski definition) is 3. The Hall–Kier alpha value is -3.79. The molecule has 1 aromatic carbocycles. The highest BCUT2D eigenvalue weighted by molar-refractivity contribution is 7.19. The normalized spacial score (nSPS) is 15.6. The van der Waals surface area contributed by atoms with E-state index in [9.17, 15) is 18.8 Å². The average molecular weight is 483 g/mol. The zero-order chi connectivity index (χ0) is 24.4. The number of hydrogen-bond acceptors (Lipinski definition) is 5. The first-order valence-electron chi connectivity index (χ1n) is 10.6. The number of aromatic nitrogens is 1. The van der Waals surface area contributed by atoms with Crippen LogP contribution in [-0.4, -0.2) is 46.0 Å². The molecule has 0 fully saturated rings. The van der Waals surface area contributed by atoms with E-state index in [0.29, 0.717) is 35.5 Å². The van der Waals surface area contributed by atoms with Crippen molar-refractivity contribution >= 4 is 51.2 Å². The standard InChI is InChI=1S/C24H23FN4O4S/c1-13-16-4-3-5-17(25)21(16)34-19(13)12-29(2)20(30)9-6-14-10-15-7-8-18(27-24(32)33)23(31)28-22(15)26-11-14/h3-6,9-11,18,27H,7-8,12H2,1-2H3,(H,32,33)(H,26,28,31). The summed E-state index contributed by atoms with van der Waals surface area (Å²) in [6.45, 7) is 2.29. The molecule has 34 heavy (non-hydrogen) atoms. The topological polar surface area (TPSA) is 112 Å². The number of amides is 3. The molecule has 1 aliphatic rings. The molecule has 10 heteroatoms. The third-order valence-electron chi connectivity index (χ3n) is 5.74. The lowest BCUT2D eigenvalue weighted by Crippen LogP contribution is -2.42. The number of fused-ring (bicyclic) bond motifs is 2. The molecule has 0 saturated heterocycles. The number of nitrogens with zero attached hydrogens (tertiary/aromatic N) is 2. The van der Waals surface area contributed by atoms with Gasteiger partial charge in [-0.2, -0.15) is 0 Å². The van der Waals surface area contributed by atoms with Gasteiger partial charge in [0.2, 0.25) is 11.8 Å². The monoisotopic (exact) mass is 482 g/mol. The van der Waals surface area contributed by atoms with Crippen molar-refractivity contribution in [2.75, 3.05) is 12.4 Å². The van der Waals surface area contributed by atoms with Crippen LogP contribution in [0.3, 0.4) is 0 Å². The van der Waals surface area contributed by atoms with Gasteiger partial charge in [-0.1, -0.05) is 12.1 Å².